The zero-order valence-electron chi connectivity index (χ0n) is 25.9. The minimum atomic E-state index is -1.19. The number of fused-ring (bicyclic) bond motifs is 7. The number of hydrazine groups is 1. The maximum Gasteiger partial charge on any atom is 0.327 e. The van der Waals surface area contributed by atoms with E-state index in [-0.39, 0.29) is 51.1 Å². The van der Waals surface area contributed by atoms with Crippen LogP contribution in [-0.4, -0.2) is 29.3 Å². The second-order valence-corrected chi connectivity index (χ2v) is 15.6. The van der Waals surface area contributed by atoms with Gasteiger partial charge in [0.2, 0.25) is 5.91 Å². The topological polar surface area (TPSA) is 159 Å². The summed E-state index contributed by atoms with van der Waals surface area (Å²) >= 11 is 0. The van der Waals surface area contributed by atoms with E-state index < -0.39 is 34.0 Å². The van der Waals surface area contributed by atoms with E-state index in [1.807, 2.05) is 32.9 Å². The van der Waals surface area contributed by atoms with Gasteiger partial charge in [-0.3, -0.25) is 34.8 Å². The summed E-state index contributed by atoms with van der Waals surface area (Å²) in [5.74, 6) is -3.10. The third-order valence-corrected chi connectivity index (χ3v) is 13.1. The van der Waals surface area contributed by atoms with Crippen molar-refractivity contribution >= 4 is 29.3 Å². The Hall–Kier alpha value is -3.28. The Morgan fingerprint density at radius 2 is 1.60 bits per heavy atom. The van der Waals surface area contributed by atoms with Gasteiger partial charge < -0.3 is 5.73 Å². The number of ketones is 2. The molecule has 0 aromatic rings. The molecule has 0 bridgehead atoms. The summed E-state index contributed by atoms with van der Waals surface area (Å²) in [6.07, 6.45) is 9.00. The number of nitriles is 1. The Balaban J connectivity index is 1.56. The van der Waals surface area contributed by atoms with Crippen molar-refractivity contribution in [1.82, 2.24) is 10.9 Å². The summed E-state index contributed by atoms with van der Waals surface area (Å²) in [5, 5.41) is 9.89. The molecule has 3 saturated carbocycles. The first-order chi connectivity index (χ1) is 19.3. The van der Waals surface area contributed by atoms with Crippen LogP contribution in [-0.2, 0) is 24.0 Å². The molecule has 4 N–H and O–H groups in total. The van der Waals surface area contributed by atoms with Crippen molar-refractivity contribution in [2.75, 3.05) is 0 Å². The molecule has 0 aromatic carbocycles. The Bertz CT molecular complexity index is 1420. The molecular weight excluding hydrogens is 532 g/mol. The number of nitrogens with two attached hydrogens (primary N) is 1. The van der Waals surface area contributed by atoms with Gasteiger partial charge in [-0.25, -0.2) is 0 Å². The predicted molar refractivity (Wildman–Crippen MR) is 154 cm³/mol. The molecule has 9 nitrogen and oxygen atoms in total. The van der Waals surface area contributed by atoms with Gasteiger partial charge in [0.05, 0.1) is 5.57 Å². The molecule has 0 spiro atoms. The van der Waals surface area contributed by atoms with Crippen LogP contribution in [0.15, 0.2) is 23.3 Å². The second-order valence-electron chi connectivity index (χ2n) is 15.6. The molecule has 0 aromatic heterocycles. The normalized spacial score (nSPS) is 43.6. The van der Waals surface area contributed by atoms with Gasteiger partial charge in [-0.1, -0.05) is 60.1 Å². The molecule has 0 heterocycles. The molecule has 5 aliphatic rings. The number of hydrogen-bond donors (Lipinski definition) is 3. The van der Waals surface area contributed by atoms with Crippen LogP contribution >= 0.6 is 0 Å². The zero-order chi connectivity index (χ0) is 31.3. The molecule has 42 heavy (non-hydrogen) atoms. The van der Waals surface area contributed by atoms with E-state index in [1.54, 1.807) is 0 Å². The molecule has 5 aliphatic carbocycles. The van der Waals surface area contributed by atoms with E-state index in [1.165, 1.54) is 0 Å². The van der Waals surface area contributed by atoms with Gasteiger partial charge in [0, 0.05) is 22.2 Å². The molecule has 3 amide bonds. The van der Waals surface area contributed by atoms with Crippen molar-refractivity contribution in [3.05, 3.63) is 23.3 Å². The number of carbonyl (C=O) groups excluding carboxylic acids is 5. The van der Waals surface area contributed by atoms with Crippen molar-refractivity contribution in [3.63, 3.8) is 0 Å². The van der Waals surface area contributed by atoms with Crippen molar-refractivity contribution in [1.29, 1.82) is 5.26 Å². The van der Waals surface area contributed by atoms with Crippen LogP contribution in [0.1, 0.15) is 93.4 Å². The summed E-state index contributed by atoms with van der Waals surface area (Å²) in [7, 11) is 0. The van der Waals surface area contributed by atoms with E-state index >= 15 is 0 Å². The maximum absolute atomic E-state index is 14.5. The smallest absolute Gasteiger partial charge is 0.327 e. The number of amides is 3. The van der Waals surface area contributed by atoms with Gasteiger partial charge in [-0.15, -0.1) is 0 Å². The standard InChI is InChI=1S/C33H44N4O5/c1-28(2)21-8-9-32(6)22(31(21,5)15-18(17-34)24(28)39)14-20(38)23-19-16-30(4,27(42)37-36-26(41)25(35)40)11-10-29(19,3)12-13-33(23,32)7/h14-15,19,21,23H,8-13,16H2,1-7H3,(H2,35,40)(H,36,41)(H,37,42)/t19-,21-,23-,29+,30-,31-,32+,33+/m0/s1. The van der Waals surface area contributed by atoms with Gasteiger partial charge in [-0.05, 0) is 79.1 Å². The first-order valence-corrected chi connectivity index (χ1v) is 15.2. The molecule has 8 atom stereocenters. The van der Waals surface area contributed by atoms with Gasteiger partial charge in [-0.2, -0.15) is 5.26 Å². The summed E-state index contributed by atoms with van der Waals surface area (Å²) in [6.45, 7) is 14.6. The Labute approximate surface area is 248 Å². The van der Waals surface area contributed by atoms with Gasteiger partial charge in [0.25, 0.3) is 0 Å². The number of carbonyl (C=O) groups is 5. The third kappa shape index (κ3) is 3.82. The number of nitrogens with zero attached hydrogens (tertiary/aromatic N) is 1. The number of rotatable bonds is 1. The molecular formula is C33H44N4O5. The van der Waals surface area contributed by atoms with Crippen LogP contribution in [0.4, 0.5) is 0 Å². The van der Waals surface area contributed by atoms with E-state index in [2.05, 4.69) is 44.6 Å². The molecule has 3 fully saturated rings. The monoisotopic (exact) mass is 576 g/mol. The number of allylic oxidation sites excluding steroid dienone is 4. The van der Waals surface area contributed by atoms with E-state index in [4.69, 9.17) is 5.73 Å². The fourth-order valence-electron chi connectivity index (χ4n) is 10.3. The van der Waals surface area contributed by atoms with Gasteiger partial charge in [0.1, 0.15) is 6.07 Å². The summed E-state index contributed by atoms with van der Waals surface area (Å²) in [6, 6.07) is 2.15. The summed E-state index contributed by atoms with van der Waals surface area (Å²) in [5.41, 5.74) is 7.73. The molecule has 0 radical (unpaired) electrons. The maximum atomic E-state index is 14.5. The average Bonchev–Trinajstić information content (AvgIpc) is 2.91. The lowest BCUT2D eigenvalue weighted by atomic mass is 9.34. The number of Topliss-reactive ketones (excluding diaryl/α,β-unsaturated/α-hetero) is 1. The number of nitrogens with one attached hydrogen (secondary N) is 2. The van der Waals surface area contributed by atoms with Crippen LogP contribution in [0, 0.1) is 61.6 Å². The van der Waals surface area contributed by atoms with Crippen LogP contribution in [0.3, 0.4) is 0 Å². The van der Waals surface area contributed by atoms with Gasteiger partial charge in [0.15, 0.2) is 11.6 Å². The van der Waals surface area contributed by atoms with Crippen molar-refractivity contribution in [3.8, 4) is 6.07 Å². The highest BCUT2D eigenvalue weighted by molar-refractivity contribution is 6.34. The van der Waals surface area contributed by atoms with Gasteiger partial charge >= 0.3 is 11.8 Å². The Kier molecular flexibility index (Phi) is 6.55. The highest BCUT2D eigenvalue weighted by Crippen LogP contribution is 2.74. The van der Waals surface area contributed by atoms with Crippen LogP contribution in [0.5, 0.6) is 0 Å². The average molecular weight is 577 g/mol. The number of primary amides is 1. The predicted octanol–water partition coefficient (Wildman–Crippen LogP) is 3.84. The van der Waals surface area contributed by atoms with E-state index in [0.29, 0.717) is 12.8 Å². The van der Waals surface area contributed by atoms with Crippen molar-refractivity contribution in [2.24, 2.45) is 56.0 Å². The zero-order valence-corrected chi connectivity index (χ0v) is 25.9. The lowest BCUT2D eigenvalue weighted by molar-refractivity contribution is -0.172. The highest BCUT2D eigenvalue weighted by atomic mass is 16.2. The summed E-state index contributed by atoms with van der Waals surface area (Å²) in [4.78, 5) is 63.9. The molecule has 0 saturated heterocycles. The lowest BCUT2D eigenvalue weighted by Gasteiger charge is -2.69. The van der Waals surface area contributed by atoms with Crippen LogP contribution in [0.2, 0.25) is 0 Å². The fraction of sp³-hybridized carbons (Fsp3) is 0.697. The molecule has 0 unspecified atom stereocenters. The highest BCUT2D eigenvalue weighted by Gasteiger charge is 2.69. The van der Waals surface area contributed by atoms with Crippen LogP contribution < -0.4 is 16.6 Å². The minimum Gasteiger partial charge on any atom is -0.361 e. The first kappa shape index (κ1) is 30.2. The quantitative estimate of drug-likeness (QED) is 0.318. The molecule has 9 heteroatoms. The lowest BCUT2D eigenvalue weighted by Crippen LogP contribution is -2.65. The first-order valence-electron chi connectivity index (χ1n) is 15.2. The fourth-order valence-corrected chi connectivity index (χ4v) is 10.3. The van der Waals surface area contributed by atoms with E-state index in [0.717, 1.165) is 37.7 Å². The third-order valence-electron chi connectivity index (χ3n) is 13.1. The second kappa shape index (κ2) is 9.11. The molecule has 226 valence electrons. The van der Waals surface area contributed by atoms with Crippen LogP contribution in [0.25, 0.3) is 0 Å². The van der Waals surface area contributed by atoms with E-state index in [9.17, 15) is 29.2 Å². The van der Waals surface area contributed by atoms with Crippen molar-refractivity contribution < 1.29 is 24.0 Å². The summed E-state index contributed by atoms with van der Waals surface area (Å²) < 4.78 is 0. The Morgan fingerprint density at radius 3 is 2.21 bits per heavy atom. The van der Waals surface area contributed by atoms with Crippen molar-refractivity contribution in [2.45, 2.75) is 93.4 Å². The number of hydrogen-bond acceptors (Lipinski definition) is 6. The largest absolute Gasteiger partial charge is 0.361 e. The minimum absolute atomic E-state index is 0.0204. The molecule has 0 aliphatic heterocycles. The Morgan fingerprint density at radius 1 is 0.952 bits per heavy atom. The SMILES string of the molecule is CC1(C)C(=O)C(C#N)=C[C@]2(C)C3=CC(=O)[C@@H]4[C@@H]5C[C@@](C)(C(=O)NNC(=O)C(N)=O)CC[C@]5(C)CC[C@@]4(C)[C@]3(C)CC[C@@H]12. The molecule has 5 rings (SSSR count).